The van der Waals surface area contributed by atoms with E-state index < -0.39 is 10.0 Å². The standard InChI is InChI=1S/C21H21ClN2O2S/c22-19-8-4-9-20(15-19)27(25,26)24-13-11-23(12-14-24)16-18-7-3-6-17-5-1-2-10-21(17)18/h1-10,15H,11-14,16H2. The van der Waals surface area contributed by atoms with E-state index in [1.165, 1.54) is 22.4 Å². The van der Waals surface area contributed by atoms with Crippen LogP contribution < -0.4 is 0 Å². The van der Waals surface area contributed by atoms with Crippen LogP contribution in [0.2, 0.25) is 5.02 Å². The number of sulfonamides is 1. The van der Waals surface area contributed by atoms with E-state index in [0.717, 1.165) is 6.54 Å². The highest BCUT2D eigenvalue weighted by Gasteiger charge is 2.28. The van der Waals surface area contributed by atoms with Crippen molar-refractivity contribution in [2.45, 2.75) is 11.4 Å². The molecule has 1 aliphatic heterocycles. The highest BCUT2D eigenvalue weighted by Crippen LogP contribution is 2.23. The molecule has 6 heteroatoms. The Morgan fingerprint density at radius 2 is 1.56 bits per heavy atom. The van der Waals surface area contributed by atoms with Crippen LogP contribution in [0.1, 0.15) is 5.56 Å². The molecule has 1 saturated heterocycles. The van der Waals surface area contributed by atoms with Crippen LogP contribution >= 0.6 is 11.6 Å². The second-order valence-electron chi connectivity index (χ2n) is 6.78. The first-order chi connectivity index (χ1) is 13.0. The van der Waals surface area contributed by atoms with Gasteiger partial charge in [-0.25, -0.2) is 8.42 Å². The summed E-state index contributed by atoms with van der Waals surface area (Å²) in [6.07, 6.45) is 0. The molecule has 4 nitrogen and oxygen atoms in total. The third kappa shape index (κ3) is 3.87. The molecule has 0 spiro atoms. The van der Waals surface area contributed by atoms with Crippen molar-refractivity contribution >= 4 is 32.4 Å². The van der Waals surface area contributed by atoms with Gasteiger partial charge in [0, 0.05) is 37.7 Å². The summed E-state index contributed by atoms with van der Waals surface area (Å²) in [6.45, 7) is 3.22. The van der Waals surface area contributed by atoms with Gasteiger partial charge in [-0.3, -0.25) is 4.90 Å². The molecule has 27 heavy (non-hydrogen) atoms. The number of rotatable bonds is 4. The Bertz CT molecular complexity index is 1060. The molecule has 0 bridgehead atoms. The number of halogens is 1. The van der Waals surface area contributed by atoms with Crippen molar-refractivity contribution in [1.29, 1.82) is 0 Å². The molecule has 0 aromatic heterocycles. The largest absolute Gasteiger partial charge is 0.296 e. The second-order valence-corrected chi connectivity index (χ2v) is 9.15. The molecule has 1 heterocycles. The lowest BCUT2D eigenvalue weighted by molar-refractivity contribution is 0.182. The van der Waals surface area contributed by atoms with Gasteiger partial charge in [0.2, 0.25) is 10.0 Å². The van der Waals surface area contributed by atoms with Gasteiger partial charge in [-0.05, 0) is 34.5 Å². The third-order valence-electron chi connectivity index (χ3n) is 5.04. The molecule has 3 aromatic carbocycles. The van der Waals surface area contributed by atoms with Crippen LogP contribution in [0.3, 0.4) is 0 Å². The number of hydrogen-bond acceptors (Lipinski definition) is 3. The Morgan fingerprint density at radius 1 is 0.852 bits per heavy atom. The molecular formula is C21H21ClN2O2S. The topological polar surface area (TPSA) is 40.6 Å². The number of hydrogen-bond donors (Lipinski definition) is 0. The van der Waals surface area contributed by atoms with Gasteiger partial charge in [-0.15, -0.1) is 0 Å². The molecule has 0 radical (unpaired) electrons. The SMILES string of the molecule is O=S(=O)(c1cccc(Cl)c1)N1CCN(Cc2cccc3ccccc23)CC1. The minimum Gasteiger partial charge on any atom is -0.296 e. The van der Waals surface area contributed by atoms with E-state index in [0.29, 0.717) is 31.2 Å². The van der Waals surface area contributed by atoms with Crippen molar-refractivity contribution in [3.05, 3.63) is 77.3 Å². The van der Waals surface area contributed by atoms with Gasteiger partial charge >= 0.3 is 0 Å². The van der Waals surface area contributed by atoms with Crippen LogP contribution in [0.5, 0.6) is 0 Å². The summed E-state index contributed by atoms with van der Waals surface area (Å²) in [4.78, 5) is 2.57. The summed E-state index contributed by atoms with van der Waals surface area (Å²) in [6, 6.07) is 21.2. The molecule has 0 aliphatic carbocycles. The summed E-state index contributed by atoms with van der Waals surface area (Å²) in [7, 11) is -3.49. The van der Waals surface area contributed by atoms with Crippen LogP contribution in [0.4, 0.5) is 0 Å². The van der Waals surface area contributed by atoms with Crippen LogP contribution in [0.15, 0.2) is 71.6 Å². The first-order valence-corrected chi connectivity index (χ1v) is 10.8. The van der Waals surface area contributed by atoms with E-state index in [-0.39, 0.29) is 4.90 Å². The maximum atomic E-state index is 12.8. The summed E-state index contributed by atoms with van der Waals surface area (Å²) in [5.41, 5.74) is 1.28. The predicted octanol–water partition coefficient (Wildman–Crippen LogP) is 4.00. The van der Waals surface area contributed by atoms with Gasteiger partial charge in [0.05, 0.1) is 4.90 Å². The Kier molecular flexibility index (Phi) is 5.19. The van der Waals surface area contributed by atoms with Crippen molar-refractivity contribution in [1.82, 2.24) is 9.21 Å². The number of piperazine rings is 1. The van der Waals surface area contributed by atoms with Crippen LogP contribution in [-0.2, 0) is 16.6 Å². The number of nitrogens with zero attached hydrogens (tertiary/aromatic N) is 2. The Hall–Kier alpha value is -1.92. The predicted molar refractivity (Wildman–Crippen MR) is 109 cm³/mol. The number of benzene rings is 3. The summed E-state index contributed by atoms with van der Waals surface area (Å²) in [5, 5.41) is 2.93. The van der Waals surface area contributed by atoms with Gasteiger partial charge in [-0.1, -0.05) is 60.1 Å². The number of fused-ring (bicyclic) bond motifs is 1. The van der Waals surface area contributed by atoms with Gasteiger partial charge in [0.15, 0.2) is 0 Å². The average molecular weight is 401 g/mol. The van der Waals surface area contributed by atoms with Crippen molar-refractivity contribution in [2.75, 3.05) is 26.2 Å². The molecule has 0 amide bonds. The minimum absolute atomic E-state index is 0.262. The second kappa shape index (κ2) is 7.60. The smallest absolute Gasteiger partial charge is 0.243 e. The van der Waals surface area contributed by atoms with Crippen LogP contribution in [0.25, 0.3) is 10.8 Å². The quantitative estimate of drug-likeness (QED) is 0.664. The fraction of sp³-hybridized carbons (Fsp3) is 0.238. The van der Waals surface area contributed by atoms with E-state index >= 15 is 0 Å². The monoisotopic (exact) mass is 400 g/mol. The molecule has 0 unspecified atom stereocenters. The zero-order valence-electron chi connectivity index (χ0n) is 14.9. The lowest BCUT2D eigenvalue weighted by Crippen LogP contribution is -2.48. The first kappa shape index (κ1) is 18.4. The van der Waals surface area contributed by atoms with Crippen molar-refractivity contribution < 1.29 is 8.42 Å². The summed E-state index contributed by atoms with van der Waals surface area (Å²) in [5.74, 6) is 0. The van der Waals surface area contributed by atoms with Crippen molar-refractivity contribution in [2.24, 2.45) is 0 Å². The molecule has 140 valence electrons. The molecule has 0 N–H and O–H groups in total. The first-order valence-electron chi connectivity index (χ1n) is 8.99. The maximum Gasteiger partial charge on any atom is 0.243 e. The van der Waals surface area contributed by atoms with Gasteiger partial charge in [-0.2, -0.15) is 4.31 Å². The zero-order valence-corrected chi connectivity index (χ0v) is 16.5. The maximum absolute atomic E-state index is 12.8. The fourth-order valence-electron chi connectivity index (χ4n) is 3.58. The highest BCUT2D eigenvalue weighted by atomic mass is 35.5. The average Bonchev–Trinajstić information content (AvgIpc) is 2.69. The fourth-order valence-corrected chi connectivity index (χ4v) is 5.30. The van der Waals surface area contributed by atoms with Gasteiger partial charge < -0.3 is 0 Å². The van der Waals surface area contributed by atoms with E-state index in [1.807, 2.05) is 6.07 Å². The molecule has 4 rings (SSSR count). The Balaban J connectivity index is 1.46. The molecule has 0 atom stereocenters. The van der Waals surface area contributed by atoms with E-state index in [4.69, 9.17) is 11.6 Å². The lowest BCUT2D eigenvalue weighted by Gasteiger charge is -2.34. The Morgan fingerprint density at radius 3 is 2.33 bits per heavy atom. The molecular weight excluding hydrogens is 380 g/mol. The van der Waals surface area contributed by atoms with Gasteiger partial charge in [0.1, 0.15) is 0 Å². The van der Waals surface area contributed by atoms with Crippen LogP contribution in [0, 0.1) is 0 Å². The zero-order chi connectivity index (χ0) is 18.9. The van der Waals surface area contributed by atoms with E-state index in [9.17, 15) is 8.42 Å². The minimum atomic E-state index is -3.49. The van der Waals surface area contributed by atoms with Gasteiger partial charge in [0.25, 0.3) is 0 Å². The van der Waals surface area contributed by atoms with Crippen molar-refractivity contribution in [3.8, 4) is 0 Å². The molecule has 3 aromatic rings. The molecule has 0 saturated carbocycles. The summed E-state index contributed by atoms with van der Waals surface area (Å²) < 4.78 is 27.2. The third-order valence-corrected chi connectivity index (χ3v) is 7.17. The molecule has 1 fully saturated rings. The normalized spacial score (nSPS) is 16.6. The highest BCUT2D eigenvalue weighted by molar-refractivity contribution is 7.89. The lowest BCUT2D eigenvalue weighted by atomic mass is 10.0. The van der Waals surface area contributed by atoms with E-state index in [2.05, 4.69) is 41.3 Å². The molecule has 1 aliphatic rings. The summed E-state index contributed by atoms with van der Waals surface area (Å²) >= 11 is 5.96. The Labute approximate surface area is 165 Å². The van der Waals surface area contributed by atoms with Crippen LogP contribution in [-0.4, -0.2) is 43.8 Å². The van der Waals surface area contributed by atoms with E-state index in [1.54, 1.807) is 22.5 Å². The van der Waals surface area contributed by atoms with Crippen molar-refractivity contribution in [3.63, 3.8) is 0 Å².